The van der Waals surface area contributed by atoms with Gasteiger partial charge >= 0.3 is 0 Å². The van der Waals surface area contributed by atoms with Gasteiger partial charge in [-0.3, -0.25) is 4.90 Å². The van der Waals surface area contributed by atoms with Crippen molar-refractivity contribution in [2.45, 2.75) is 37.5 Å². The quantitative estimate of drug-likeness (QED) is 0.834. The Kier molecular flexibility index (Phi) is 5.41. The predicted octanol–water partition coefficient (Wildman–Crippen LogP) is 2.01. The fraction of sp³-hybridized carbons (Fsp3) is 0.625. The molecule has 1 aromatic carbocycles. The fourth-order valence-electron chi connectivity index (χ4n) is 2.61. The highest BCUT2D eigenvalue weighted by molar-refractivity contribution is 7.92. The van der Waals surface area contributed by atoms with Gasteiger partial charge in [-0.25, -0.2) is 8.42 Å². The van der Waals surface area contributed by atoms with E-state index in [1.807, 2.05) is 18.2 Å². The summed E-state index contributed by atoms with van der Waals surface area (Å²) < 4.78 is 24.5. The third-order valence-corrected chi connectivity index (χ3v) is 6.32. The highest BCUT2D eigenvalue weighted by atomic mass is 32.2. The molecule has 1 aliphatic heterocycles. The molecule has 0 aliphatic carbocycles. The van der Waals surface area contributed by atoms with Crippen molar-refractivity contribution in [3.63, 3.8) is 0 Å². The van der Waals surface area contributed by atoms with E-state index in [9.17, 15) is 8.42 Å². The number of sulfone groups is 1. The van der Waals surface area contributed by atoms with Gasteiger partial charge in [-0.05, 0) is 38.1 Å². The first-order valence-corrected chi connectivity index (χ1v) is 9.25. The molecule has 0 N–H and O–H groups in total. The molecule has 1 fully saturated rings. The van der Waals surface area contributed by atoms with Crippen LogP contribution in [0.3, 0.4) is 0 Å². The maximum atomic E-state index is 12.2. The van der Waals surface area contributed by atoms with E-state index >= 15 is 0 Å². The molecule has 21 heavy (non-hydrogen) atoms. The van der Waals surface area contributed by atoms with Gasteiger partial charge in [0.2, 0.25) is 0 Å². The van der Waals surface area contributed by atoms with Gasteiger partial charge in [0.05, 0.1) is 10.1 Å². The predicted molar refractivity (Wildman–Crippen MR) is 86.2 cm³/mol. The largest absolute Gasteiger partial charge is 0.301 e. The Bertz CT molecular complexity index is 561. The van der Waals surface area contributed by atoms with Crippen LogP contribution in [0.2, 0.25) is 0 Å². The van der Waals surface area contributed by atoms with Crippen molar-refractivity contribution in [1.82, 2.24) is 9.80 Å². The molecule has 0 unspecified atom stereocenters. The van der Waals surface area contributed by atoms with Gasteiger partial charge < -0.3 is 4.90 Å². The lowest BCUT2D eigenvalue weighted by atomic mass is 10.2. The maximum Gasteiger partial charge on any atom is 0.180 e. The van der Waals surface area contributed by atoms with Crippen molar-refractivity contribution in [3.05, 3.63) is 29.8 Å². The smallest absolute Gasteiger partial charge is 0.180 e. The number of hydrogen-bond donors (Lipinski definition) is 0. The molecule has 1 aliphatic rings. The minimum Gasteiger partial charge on any atom is -0.301 e. The Hall–Kier alpha value is -0.910. The summed E-state index contributed by atoms with van der Waals surface area (Å²) in [6.45, 7) is 11.9. The highest BCUT2D eigenvalue weighted by Gasteiger charge is 2.20. The molecule has 5 heteroatoms. The lowest BCUT2D eigenvalue weighted by Crippen LogP contribution is -2.45. The third kappa shape index (κ3) is 4.05. The summed E-state index contributed by atoms with van der Waals surface area (Å²) >= 11 is 0. The van der Waals surface area contributed by atoms with Crippen LogP contribution in [-0.2, 0) is 16.4 Å². The lowest BCUT2D eigenvalue weighted by Gasteiger charge is -2.34. The van der Waals surface area contributed by atoms with E-state index in [0.717, 1.165) is 44.8 Å². The summed E-state index contributed by atoms with van der Waals surface area (Å²) in [5.41, 5.74) is 1.08. The zero-order chi connectivity index (χ0) is 15.5. The molecule has 0 atom stereocenters. The van der Waals surface area contributed by atoms with Gasteiger partial charge in [0.1, 0.15) is 0 Å². The lowest BCUT2D eigenvalue weighted by molar-refractivity contribution is 0.132. The minimum atomic E-state index is -3.18. The standard InChI is InChI=1S/C16H26N2O2S/c1-4-17-8-10-18(11-9-17)13-15-6-5-7-16(12-15)21(19,20)14(2)3/h5-7,12,14H,4,8-11,13H2,1-3H3. The first kappa shape index (κ1) is 16.5. The Morgan fingerprint density at radius 1 is 1.10 bits per heavy atom. The summed E-state index contributed by atoms with van der Waals surface area (Å²) in [5, 5.41) is -0.374. The number of likely N-dealkylation sites (N-methyl/N-ethyl adjacent to an activating group) is 1. The van der Waals surface area contributed by atoms with E-state index in [-0.39, 0.29) is 5.25 Å². The first-order valence-electron chi connectivity index (χ1n) is 7.71. The Labute approximate surface area is 128 Å². The number of hydrogen-bond acceptors (Lipinski definition) is 4. The second-order valence-corrected chi connectivity index (χ2v) is 8.46. The van der Waals surface area contributed by atoms with Crippen LogP contribution in [0.4, 0.5) is 0 Å². The average molecular weight is 310 g/mol. The molecular weight excluding hydrogens is 284 g/mol. The molecule has 1 aromatic rings. The molecule has 0 aromatic heterocycles. The van der Waals surface area contributed by atoms with Crippen LogP contribution in [0.1, 0.15) is 26.3 Å². The number of piperazine rings is 1. The van der Waals surface area contributed by atoms with Crippen LogP contribution in [-0.4, -0.2) is 56.2 Å². The molecule has 1 heterocycles. The zero-order valence-corrected chi connectivity index (χ0v) is 14.1. The van der Waals surface area contributed by atoms with E-state index in [0.29, 0.717) is 4.90 Å². The van der Waals surface area contributed by atoms with Gasteiger partial charge in [0.15, 0.2) is 9.84 Å². The minimum absolute atomic E-state index is 0.374. The molecule has 0 bridgehead atoms. The summed E-state index contributed by atoms with van der Waals surface area (Å²) in [4.78, 5) is 5.28. The summed E-state index contributed by atoms with van der Waals surface area (Å²) in [7, 11) is -3.18. The van der Waals surface area contributed by atoms with Gasteiger partial charge in [-0.2, -0.15) is 0 Å². The molecule has 0 amide bonds. The molecule has 4 nitrogen and oxygen atoms in total. The van der Waals surface area contributed by atoms with Gasteiger partial charge in [0, 0.05) is 32.7 Å². The molecule has 118 valence electrons. The Morgan fingerprint density at radius 3 is 2.29 bits per heavy atom. The second-order valence-electron chi connectivity index (χ2n) is 5.95. The monoisotopic (exact) mass is 310 g/mol. The van der Waals surface area contributed by atoms with Gasteiger partial charge in [-0.1, -0.05) is 19.1 Å². The van der Waals surface area contributed by atoms with E-state index < -0.39 is 9.84 Å². The summed E-state index contributed by atoms with van der Waals surface area (Å²) in [6, 6.07) is 7.41. The number of nitrogens with zero attached hydrogens (tertiary/aromatic N) is 2. The van der Waals surface area contributed by atoms with Crippen LogP contribution in [0.15, 0.2) is 29.2 Å². The molecule has 0 spiro atoms. The summed E-state index contributed by atoms with van der Waals surface area (Å²) in [6.07, 6.45) is 0. The first-order chi connectivity index (χ1) is 9.93. The third-order valence-electron chi connectivity index (χ3n) is 4.17. The van der Waals surface area contributed by atoms with E-state index in [1.54, 1.807) is 19.9 Å². The van der Waals surface area contributed by atoms with E-state index in [4.69, 9.17) is 0 Å². The fourth-order valence-corrected chi connectivity index (χ4v) is 3.74. The Morgan fingerprint density at radius 2 is 1.71 bits per heavy atom. The van der Waals surface area contributed by atoms with Crippen molar-refractivity contribution in [1.29, 1.82) is 0 Å². The van der Waals surface area contributed by atoms with Crippen LogP contribution in [0.25, 0.3) is 0 Å². The Balaban J connectivity index is 2.06. The molecule has 2 rings (SSSR count). The van der Waals surface area contributed by atoms with Gasteiger partial charge in [0.25, 0.3) is 0 Å². The second kappa shape index (κ2) is 6.90. The maximum absolute atomic E-state index is 12.2. The van der Waals surface area contributed by atoms with Crippen molar-refractivity contribution in [2.75, 3.05) is 32.7 Å². The number of benzene rings is 1. The average Bonchev–Trinajstić information content (AvgIpc) is 2.48. The van der Waals surface area contributed by atoms with E-state index in [1.165, 1.54) is 0 Å². The van der Waals surface area contributed by atoms with Crippen molar-refractivity contribution in [3.8, 4) is 0 Å². The van der Waals surface area contributed by atoms with Crippen molar-refractivity contribution >= 4 is 9.84 Å². The van der Waals surface area contributed by atoms with Crippen LogP contribution in [0.5, 0.6) is 0 Å². The van der Waals surface area contributed by atoms with Crippen molar-refractivity contribution < 1.29 is 8.42 Å². The van der Waals surface area contributed by atoms with Crippen molar-refractivity contribution in [2.24, 2.45) is 0 Å². The topological polar surface area (TPSA) is 40.6 Å². The van der Waals surface area contributed by atoms with Crippen LogP contribution in [0, 0.1) is 0 Å². The molecule has 0 radical (unpaired) electrons. The van der Waals surface area contributed by atoms with E-state index in [2.05, 4.69) is 16.7 Å². The SMILES string of the molecule is CCN1CCN(Cc2cccc(S(=O)(=O)C(C)C)c2)CC1. The molecular formula is C16H26N2O2S. The molecule has 0 saturated carbocycles. The number of rotatable bonds is 5. The highest BCUT2D eigenvalue weighted by Crippen LogP contribution is 2.18. The van der Waals surface area contributed by atoms with Gasteiger partial charge in [-0.15, -0.1) is 0 Å². The van der Waals surface area contributed by atoms with Crippen LogP contribution < -0.4 is 0 Å². The van der Waals surface area contributed by atoms with Crippen LogP contribution >= 0.6 is 0 Å². The summed E-state index contributed by atoms with van der Waals surface area (Å²) in [5.74, 6) is 0. The zero-order valence-electron chi connectivity index (χ0n) is 13.2. The normalized spacial score (nSPS) is 18.3. The molecule has 1 saturated heterocycles.